The molecule has 2 aromatic rings. The number of amides is 1. The van der Waals surface area contributed by atoms with Crippen LogP contribution in [0.25, 0.3) is 0 Å². The summed E-state index contributed by atoms with van der Waals surface area (Å²) in [5.41, 5.74) is -0.414. The molecule has 0 unspecified atom stereocenters. The highest BCUT2D eigenvalue weighted by Crippen LogP contribution is 2.29. The fourth-order valence-electron chi connectivity index (χ4n) is 2.02. The molecule has 0 spiro atoms. The Balaban J connectivity index is 1.92. The standard InChI is InChI=1S/C17H13F4NO2/c18-14-6-4-12(5-7-14)15(23)10-22-16(24)9-11-2-1-3-13(8-11)17(19,20)21/h1-8H,9-10H2,(H,22,24). The third kappa shape index (κ3) is 4.91. The number of carbonyl (C=O) groups is 2. The number of rotatable bonds is 5. The number of halogens is 4. The summed E-state index contributed by atoms with van der Waals surface area (Å²) in [5.74, 6) is -1.49. The van der Waals surface area contributed by atoms with Gasteiger partial charge in [-0.3, -0.25) is 9.59 Å². The molecular weight excluding hydrogens is 326 g/mol. The van der Waals surface area contributed by atoms with Gasteiger partial charge in [0.1, 0.15) is 5.82 Å². The minimum atomic E-state index is -4.48. The van der Waals surface area contributed by atoms with E-state index in [9.17, 15) is 27.2 Å². The Morgan fingerprint density at radius 3 is 2.29 bits per heavy atom. The molecule has 0 aliphatic carbocycles. The first-order valence-corrected chi connectivity index (χ1v) is 6.97. The van der Waals surface area contributed by atoms with Gasteiger partial charge in [0.2, 0.25) is 5.91 Å². The second-order valence-electron chi connectivity index (χ2n) is 5.08. The predicted octanol–water partition coefficient (Wildman–Crippen LogP) is 3.39. The Labute approximate surface area is 135 Å². The number of benzene rings is 2. The lowest BCUT2D eigenvalue weighted by atomic mass is 10.1. The van der Waals surface area contributed by atoms with E-state index in [0.717, 1.165) is 24.3 Å². The molecule has 1 N–H and O–H groups in total. The van der Waals surface area contributed by atoms with E-state index in [1.54, 1.807) is 0 Å². The van der Waals surface area contributed by atoms with Gasteiger partial charge in [-0.15, -0.1) is 0 Å². The van der Waals surface area contributed by atoms with E-state index in [4.69, 9.17) is 0 Å². The smallest absolute Gasteiger partial charge is 0.348 e. The van der Waals surface area contributed by atoms with Crippen LogP contribution in [0.2, 0.25) is 0 Å². The van der Waals surface area contributed by atoms with Gasteiger partial charge < -0.3 is 5.32 Å². The highest BCUT2D eigenvalue weighted by atomic mass is 19.4. The van der Waals surface area contributed by atoms with Crippen molar-refractivity contribution < 1.29 is 27.2 Å². The fourth-order valence-corrected chi connectivity index (χ4v) is 2.02. The number of hydrogen-bond donors (Lipinski definition) is 1. The second kappa shape index (κ2) is 7.25. The molecule has 0 radical (unpaired) electrons. The summed E-state index contributed by atoms with van der Waals surface area (Å²) >= 11 is 0. The summed E-state index contributed by atoms with van der Waals surface area (Å²) in [7, 11) is 0. The first kappa shape index (κ1) is 17.7. The molecule has 126 valence electrons. The van der Waals surface area contributed by atoms with E-state index in [-0.39, 0.29) is 24.1 Å². The molecule has 0 aliphatic rings. The van der Waals surface area contributed by atoms with Crippen molar-refractivity contribution in [1.29, 1.82) is 0 Å². The molecule has 2 aromatic carbocycles. The molecule has 0 heterocycles. The highest BCUT2D eigenvalue weighted by Gasteiger charge is 2.30. The summed E-state index contributed by atoms with van der Waals surface area (Å²) < 4.78 is 50.6. The average molecular weight is 339 g/mol. The van der Waals surface area contributed by atoms with Crippen LogP contribution in [-0.4, -0.2) is 18.2 Å². The second-order valence-corrected chi connectivity index (χ2v) is 5.08. The number of ketones is 1. The number of nitrogens with one attached hydrogen (secondary N) is 1. The number of carbonyl (C=O) groups excluding carboxylic acids is 2. The van der Waals surface area contributed by atoms with Gasteiger partial charge in [0.15, 0.2) is 5.78 Å². The molecule has 0 bridgehead atoms. The number of alkyl halides is 3. The van der Waals surface area contributed by atoms with E-state index >= 15 is 0 Å². The van der Waals surface area contributed by atoms with Gasteiger partial charge in [0, 0.05) is 5.56 Å². The van der Waals surface area contributed by atoms with E-state index < -0.39 is 29.2 Å². The van der Waals surface area contributed by atoms with Crippen molar-refractivity contribution in [1.82, 2.24) is 5.32 Å². The van der Waals surface area contributed by atoms with Crippen LogP contribution in [0.1, 0.15) is 21.5 Å². The van der Waals surface area contributed by atoms with Crippen LogP contribution in [-0.2, 0) is 17.4 Å². The maximum Gasteiger partial charge on any atom is 0.416 e. The van der Waals surface area contributed by atoms with Crippen molar-refractivity contribution in [3.63, 3.8) is 0 Å². The van der Waals surface area contributed by atoms with Crippen molar-refractivity contribution in [3.8, 4) is 0 Å². The normalized spacial score (nSPS) is 11.2. The molecule has 0 saturated heterocycles. The molecule has 7 heteroatoms. The first-order valence-electron chi connectivity index (χ1n) is 6.97. The summed E-state index contributed by atoms with van der Waals surface area (Å²) in [6, 6.07) is 9.25. The maximum absolute atomic E-state index is 12.8. The van der Waals surface area contributed by atoms with Crippen molar-refractivity contribution in [2.75, 3.05) is 6.54 Å². The predicted molar refractivity (Wildman–Crippen MR) is 78.9 cm³/mol. The summed E-state index contributed by atoms with van der Waals surface area (Å²) in [6.45, 7) is -0.316. The first-order chi connectivity index (χ1) is 11.3. The summed E-state index contributed by atoms with van der Waals surface area (Å²) in [6.07, 6.45) is -4.76. The van der Waals surface area contributed by atoms with E-state index in [1.807, 2.05) is 0 Å². The molecule has 0 aromatic heterocycles. The van der Waals surface area contributed by atoms with Gasteiger partial charge in [-0.2, -0.15) is 13.2 Å². The van der Waals surface area contributed by atoms with Gasteiger partial charge in [-0.25, -0.2) is 4.39 Å². The van der Waals surface area contributed by atoms with Crippen molar-refractivity contribution in [2.24, 2.45) is 0 Å². The topological polar surface area (TPSA) is 46.2 Å². The monoisotopic (exact) mass is 339 g/mol. The molecule has 0 fully saturated rings. The molecule has 24 heavy (non-hydrogen) atoms. The van der Waals surface area contributed by atoms with Gasteiger partial charge >= 0.3 is 6.18 Å². The zero-order valence-electron chi connectivity index (χ0n) is 12.4. The fraction of sp³-hybridized carbons (Fsp3) is 0.176. The largest absolute Gasteiger partial charge is 0.416 e. The Kier molecular flexibility index (Phi) is 5.33. The Morgan fingerprint density at radius 1 is 1.00 bits per heavy atom. The quantitative estimate of drug-likeness (QED) is 0.670. The SMILES string of the molecule is O=C(Cc1cccc(C(F)(F)F)c1)NCC(=O)c1ccc(F)cc1. The van der Waals surface area contributed by atoms with Crippen molar-refractivity contribution in [2.45, 2.75) is 12.6 Å². The van der Waals surface area contributed by atoms with Crippen LogP contribution < -0.4 is 5.32 Å². The molecule has 3 nitrogen and oxygen atoms in total. The highest BCUT2D eigenvalue weighted by molar-refractivity contribution is 5.99. The zero-order chi connectivity index (χ0) is 17.7. The molecule has 1 amide bonds. The van der Waals surface area contributed by atoms with E-state index in [1.165, 1.54) is 24.3 Å². The Bertz CT molecular complexity index is 739. The van der Waals surface area contributed by atoms with Crippen LogP contribution in [0, 0.1) is 5.82 Å². The molecule has 0 aliphatic heterocycles. The third-order valence-corrected chi connectivity index (χ3v) is 3.23. The Hall–Kier alpha value is -2.70. The minimum Gasteiger partial charge on any atom is -0.348 e. The summed E-state index contributed by atoms with van der Waals surface area (Å²) in [5, 5.41) is 2.34. The van der Waals surface area contributed by atoms with Crippen LogP contribution in [0.15, 0.2) is 48.5 Å². The van der Waals surface area contributed by atoms with Crippen molar-refractivity contribution >= 4 is 11.7 Å². The van der Waals surface area contributed by atoms with Crippen molar-refractivity contribution in [3.05, 3.63) is 71.0 Å². The van der Waals surface area contributed by atoms with Gasteiger partial charge in [-0.05, 0) is 35.9 Å². The molecule has 0 saturated carbocycles. The van der Waals surface area contributed by atoms with Gasteiger partial charge in [0.05, 0.1) is 18.5 Å². The molecule has 0 atom stereocenters. The van der Waals surface area contributed by atoms with Crippen LogP contribution >= 0.6 is 0 Å². The lowest BCUT2D eigenvalue weighted by molar-refractivity contribution is -0.137. The van der Waals surface area contributed by atoms with E-state index in [2.05, 4.69) is 5.32 Å². The van der Waals surface area contributed by atoms with Gasteiger partial charge in [0.25, 0.3) is 0 Å². The van der Waals surface area contributed by atoms with Crippen LogP contribution in [0.3, 0.4) is 0 Å². The summed E-state index contributed by atoms with van der Waals surface area (Å²) in [4.78, 5) is 23.6. The number of hydrogen-bond acceptors (Lipinski definition) is 2. The third-order valence-electron chi connectivity index (χ3n) is 3.23. The number of Topliss-reactive ketones (excluding diaryl/α,β-unsaturated/α-hetero) is 1. The zero-order valence-corrected chi connectivity index (χ0v) is 12.4. The Morgan fingerprint density at radius 2 is 1.67 bits per heavy atom. The van der Waals surface area contributed by atoms with E-state index in [0.29, 0.717) is 0 Å². The van der Waals surface area contributed by atoms with Crippen LogP contribution in [0.4, 0.5) is 17.6 Å². The maximum atomic E-state index is 12.8. The molecule has 2 rings (SSSR count). The van der Waals surface area contributed by atoms with Crippen LogP contribution in [0.5, 0.6) is 0 Å². The van der Waals surface area contributed by atoms with Gasteiger partial charge in [-0.1, -0.05) is 18.2 Å². The molecular formula is C17H13F4NO2. The average Bonchev–Trinajstić information content (AvgIpc) is 2.53. The lowest BCUT2D eigenvalue weighted by Crippen LogP contribution is -2.30. The minimum absolute atomic E-state index is 0.191. The lowest BCUT2D eigenvalue weighted by Gasteiger charge is -2.09.